The average Bonchev–Trinajstić information content (AvgIpc) is 2.94. The van der Waals surface area contributed by atoms with Crippen molar-refractivity contribution >= 4 is 44.0 Å². The summed E-state index contributed by atoms with van der Waals surface area (Å²) in [4.78, 5) is 12.0. The lowest BCUT2D eigenvalue weighted by Crippen LogP contribution is -2.18. The average molecular weight is 426 g/mol. The minimum Gasteiger partial charge on any atom is -0.454 e. The third kappa shape index (κ3) is 3.15. The molecule has 0 fully saturated rings. The number of carbonyl (C=O) groups is 1. The SMILES string of the molecule is O=C(NN=Cc1cc2c(cc1Br)OCO2)c1ccccc1Br. The summed E-state index contributed by atoms with van der Waals surface area (Å²) < 4.78 is 12.1. The van der Waals surface area contributed by atoms with E-state index in [2.05, 4.69) is 42.4 Å². The number of hydrazone groups is 1. The summed E-state index contributed by atoms with van der Waals surface area (Å²) in [7, 11) is 0. The number of hydrogen-bond donors (Lipinski definition) is 1. The van der Waals surface area contributed by atoms with Crippen molar-refractivity contribution in [2.75, 3.05) is 6.79 Å². The minimum atomic E-state index is -0.291. The second-order valence-electron chi connectivity index (χ2n) is 4.41. The molecule has 2 aromatic carbocycles. The maximum Gasteiger partial charge on any atom is 0.272 e. The molecule has 0 radical (unpaired) electrons. The first-order valence-corrected chi connectivity index (χ1v) is 7.91. The van der Waals surface area contributed by atoms with Gasteiger partial charge in [-0.25, -0.2) is 5.43 Å². The molecule has 0 atom stereocenters. The van der Waals surface area contributed by atoms with E-state index in [4.69, 9.17) is 9.47 Å². The van der Waals surface area contributed by atoms with Gasteiger partial charge in [0.25, 0.3) is 5.91 Å². The first kappa shape index (κ1) is 15.1. The van der Waals surface area contributed by atoms with Crippen LogP contribution < -0.4 is 14.9 Å². The summed E-state index contributed by atoms with van der Waals surface area (Å²) >= 11 is 6.76. The molecule has 1 aliphatic heterocycles. The first-order chi connectivity index (χ1) is 10.6. The van der Waals surface area contributed by atoms with Crippen molar-refractivity contribution in [2.45, 2.75) is 0 Å². The van der Waals surface area contributed by atoms with Crippen LogP contribution in [0, 0.1) is 0 Å². The van der Waals surface area contributed by atoms with Crippen LogP contribution in [0.1, 0.15) is 15.9 Å². The molecule has 1 amide bonds. The van der Waals surface area contributed by atoms with E-state index in [1.807, 2.05) is 6.07 Å². The molecule has 7 heteroatoms. The van der Waals surface area contributed by atoms with Gasteiger partial charge >= 0.3 is 0 Å². The van der Waals surface area contributed by atoms with E-state index in [1.54, 1.807) is 36.5 Å². The number of carbonyl (C=O) groups excluding carboxylic acids is 1. The van der Waals surface area contributed by atoms with E-state index in [1.165, 1.54) is 0 Å². The van der Waals surface area contributed by atoms with Gasteiger partial charge in [-0.1, -0.05) is 12.1 Å². The van der Waals surface area contributed by atoms with Crippen LogP contribution in [-0.2, 0) is 0 Å². The van der Waals surface area contributed by atoms with Crippen molar-refractivity contribution in [3.8, 4) is 11.5 Å². The van der Waals surface area contributed by atoms with Gasteiger partial charge in [0.15, 0.2) is 11.5 Å². The van der Waals surface area contributed by atoms with Gasteiger partial charge in [-0.3, -0.25) is 4.79 Å². The van der Waals surface area contributed by atoms with E-state index in [9.17, 15) is 4.79 Å². The Morgan fingerprint density at radius 3 is 2.64 bits per heavy atom. The van der Waals surface area contributed by atoms with Crippen LogP contribution in [0.2, 0.25) is 0 Å². The van der Waals surface area contributed by atoms with Gasteiger partial charge in [0, 0.05) is 14.5 Å². The van der Waals surface area contributed by atoms with Crippen LogP contribution in [-0.4, -0.2) is 18.9 Å². The maximum atomic E-state index is 12.0. The highest BCUT2D eigenvalue weighted by atomic mass is 79.9. The zero-order valence-electron chi connectivity index (χ0n) is 11.2. The predicted molar refractivity (Wildman–Crippen MR) is 89.5 cm³/mol. The highest BCUT2D eigenvalue weighted by molar-refractivity contribution is 9.10. The third-order valence-corrected chi connectivity index (χ3v) is 4.36. The fraction of sp³-hybridized carbons (Fsp3) is 0.0667. The smallest absolute Gasteiger partial charge is 0.272 e. The Kier molecular flexibility index (Phi) is 4.44. The van der Waals surface area contributed by atoms with Crippen LogP contribution in [0.3, 0.4) is 0 Å². The quantitative estimate of drug-likeness (QED) is 0.602. The zero-order valence-corrected chi connectivity index (χ0v) is 14.3. The molecule has 112 valence electrons. The molecule has 1 aliphatic rings. The Morgan fingerprint density at radius 1 is 1.14 bits per heavy atom. The largest absolute Gasteiger partial charge is 0.454 e. The number of fused-ring (bicyclic) bond motifs is 1. The van der Waals surface area contributed by atoms with E-state index in [0.29, 0.717) is 21.5 Å². The van der Waals surface area contributed by atoms with Gasteiger partial charge in [0.2, 0.25) is 6.79 Å². The van der Waals surface area contributed by atoms with Crippen LogP contribution in [0.5, 0.6) is 11.5 Å². The minimum absolute atomic E-state index is 0.209. The Balaban J connectivity index is 1.73. The van der Waals surface area contributed by atoms with Crippen molar-refractivity contribution in [1.82, 2.24) is 5.43 Å². The second kappa shape index (κ2) is 6.50. The molecular formula is C15H10Br2N2O3. The summed E-state index contributed by atoms with van der Waals surface area (Å²) in [5, 5.41) is 3.97. The molecule has 0 unspecified atom stereocenters. The lowest BCUT2D eigenvalue weighted by molar-refractivity contribution is 0.0954. The summed E-state index contributed by atoms with van der Waals surface area (Å²) in [6.07, 6.45) is 1.54. The molecule has 3 rings (SSSR count). The Labute approximate surface area is 143 Å². The van der Waals surface area contributed by atoms with Gasteiger partial charge in [0.05, 0.1) is 11.8 Å². The van der Waals surface area contributed by atoms with Crippen molar-refractivity contribution in [2.24, 2.45) is 5.10 Å². The molecule has 22 heavy (non-hydrogen) atoms. The number of benzene rings is 2. The molecule has 2 aromatic rings. The highest BCUT2D eigenvalue weighted by Crippen LogP contribution is 2.36. The number of nitrogens with one attached hydrogen (secondary N) is 1. The summed E-state index contributed by atoms with van der Waals surface area (Å²) in [5.41, 5.74) is 3.78. The first-order valence-electron chi connectivity index (χ1n) is 6.32. The van der Waals surface area contributed by atoms with Gasteiger partial charge < -0.3 is 9.47 Å². The molecule has 0 saturated heterocycles. The zero-order chi connectivity index (χ0) is 15.5. The summed E-state index contributed by atoms with van der Waals surface area (Å²) in [5.74, 6) is 1.05. The van der Waals surface area contributed by atoms with Crippen molar-refractivity contribution < 1.29 is 14.3 Å². The molecule has 0 aromatic heterocycles. The number of halogens is 2. The lowest BCUT2D eigenvalue weighted by Gasteiger charge is -2.03. The second-order valence-corrected chi connectivity index (χ2v) is 6.11. The van der Waals surface area contributed by atoms with Crippen molar-refractivity contribution in [1.29, 1.82) is 0 Å². The fourth-order valence-corrected chi connectivity index (χ4v) is 2.79. The van der Waals surface area contributed by atoms with Crippen molar-refractivity contribution in [3.63, 3.8) is 0 Å². The maximum absolute atomic E-state index is 12.0. The number of ether oxygens (including phenoxy) is 2. The molecule has 0 bridgehead atoms. The fourth-order valence-electron chi connectivity index (χ4n) is 1.90. The predicted octanol–water partition coefficient (Wildman–Crippen LogP) is 3.70. The summed E-state index contributed by atoms with van der Waals surface area (Å²) in [6, 6.07) is 10.7. The number of hydrogen-bond acceptors (Lipinski definition) is 4. The lowest BCUT2D eigenvalue weighted by atomic mass is 10.2. The Bertz CT molecular complexity index is 762. The van der Waals surface area contributed by atoms with Gasteiger partial charge in [-0.15, -0.1) is 0 Å². The molecular weight excluding hydrogens is 416 g/mol. The van der Waals surface area contributed by atoms with E-state index in [0.717, 1.165) is 10.0 Å². The topological polar surface area (TPSA) is 59.9 Å². The monoisotopic (exact) mass is 424 g/mol. The Hall–Kier alpha value is -1.86. The molecule has 0 aliphatic carbocycles. The van der Waals surface area contributed by atoms with Crippen LogP contribution in [0.15, 0.2) is 50.4 Å². The highest BCUT2D eigenvalue weighted by Gasteiger charge is 2.15. The molecule has 1 heterocycles. The number of nitrogens with zero attached hydrogens (tertiary/aromatic N) is 1. The van der Waals surface area contributed by atoms with E-state index < -0.39 is 0 Å². The van der Waals surface area contributed by atoms with E-state index in [-0.39, 0.29) is 12.7 Å². The van der Waals surface area contributed by atoms with Crippen LogP contribution in [0.4, 0.5) is 0 Å². The normalized spacial score (nSPS) is 12.6. The number of rotatable bonds is 3. The van der Waals surface area contributed by atoms with Gasteiger partial charge in [-0.2, -0.15) is 5.10 Å². The number of amides is 1. The molecule has 1 N–H and O–H groups in total. The van der Waals surface area contributed by atoms with Gasteiger partial charge in [0.1, 0.15) is 0 Å². The third-order valence-electron chi connectivity index (χ3n) is 2.98. The van der Waals surface area contributed by atoms with Crippen LogP contribution >= 0.6 is 31.9 Å². The van der Waals surface area contributed by atoms with Crippen LogP contribution in [0.25, 0.3) is 0 Å². The Morgan fingerprint density at radius 2 is 1.86 bits per heavy atom. The van der Waals surface area contributed by atoms with Gasteiger partial charge in [-0.05, 0) is 56.1 Å². The molecule has 5 nitrogen and oxygen atoms in total. The summed E-state index contributed by atoms with van der Waals surface area (Å²) in [6.45, 7) is 0.209. The standard InChI is InChI=1S/C15H10Br2N2O3/c16-11-4-2-1-3-10(11)15(20)19-18-7-9-5-13-14(6-12(9)17)22-8-21-13/h1-7H,8H2,(H,19,20). The van der Waals surface area contributed by atoms with Crippen molar-refractivity contribution in [3.05, 3.63) is 56.5 Å². The molecule has 0 spiro atoms. The molecule has 0 saturated carbocycles. The van der Waals surface area contributed by atoms with E-state index >= 15 is 0 Å².